The maximum atomic E-state index is 11.5. The molecule has 4 aromatic carbocycles. The summed E-state index contributed by atoms with van der Waals surface area (Å²) < 4.78 is 69.0. The first kappa shape index (κ1) is 39.7. The summed E-state index contributed by atoms with van der Waals surface area (Å²) >= 11 is 0. The Bertz CT molecular complexity index is 1570. The van der Waals surface area contributed by atoms with E-state index in [0.717, 1.165) is 60.4 Å². The van der Waals surface area contributed by atoms with Gasteiger partial charge in [0.05, 0.1) is 9.79 Å². The molecule has 240 valence electrons. The van der Waals surface area contributed by atoms with Gasteiger partial charge < -0.3 is 9.11 Å². The van der Waals surface area contributed by atoms with Crippen molar-refractivity contribution in [1.82, 2.24) is 0 Å². The monoisotopic (exact) mass is 678 g/mol. The van der Waals surface area contributed by atoms with Crippen molar-refractivity contribution in [1.29, 1.82) is 0 Å². The summed E-state index contributed by atoms with van der Waals surface area (Å²) in [5.41, 5.74) is 1.87. The molecule has 0 bridgehead atoms. The second-order valence-corrected chi connectivity index (χ2v) is 14.3. The molecule has 0 aliphatic rings. The molecule has 0 N–H and O–H groups in total. The molecule has 0 saturated heterocycles. The van der Waals surface area contributed by atoms with E-state index in [4.69, 9.17) is 0 Å². The van der Waals surface area contributed by atoms with Crippen LogP contribution in [0, 0.1) is 0 Å². The van der Waals surface area contributed by atoms with Crippen LogP contribution in [-0.2, 0) is 33.1 Å². The van der Waals surface area contributed by atoms with Crippen LogP contribution in [-0.4, -0.2) is 63.7 Å². The van der Waals surface area contributed by atoms with Crippen LogP contribution in [0.3, 0.4) is 0 Å². The van der Waals surface area contributed by atoms with Crippen LogP contribution in [0.25, 0.3) is 21.5 Å². The summed E-state index contributed by atoms with van der Waals surface area (Å²) in [6, 6.07) is 21.4. The van der Waals surface area contributed by atoms with Crippen LogP contribution < -0.4 is 0 Å². The first-order valence-corrected chi connectivity index (χ1v) is 18.8. The molecule has 4 aromatic rings. The van der Waals surface area contributed by atoms with Gasteiger partial charge in [0.1, 0.15) is 20.2 Å². The number of benzene rings is 4. The van der Waals surface area contributed by atoms with Gasteiger partial charge >= 0.3 is 37.7 Å². The van der Waals surface area contributed by atoms with Crippen molar-refractivity contribution < 1.29 is 25.9 Å². The quantitative estimate of drug-likeness (QED) is 0.0664. The van der Waals surface area contributed by atoms with Gasteiger partial charge in [0, 0.05) is 0 Å². The normalized spacial score (nSPS) is 11.6. The maximum absolute atomic E-state index is 11.5. The van der Waals surface area contributed by atoms with E-state index in [1.54, 1.807) is 36.4 Å². The fourth-order valence-corrected chi connectivity index (χ4v) is 7.09. The molecular formula is C36H46CaO6S2. The average molecular weight is 679 g/mol. The molecule has 45 heavy (non-hydrogen) atoms. The third kappa shape index (κ3) is 13.3. The van der Waals surface area contributed by atoms with Gasteiger partial charge in [-0.05, 0) is 70.5 Å². The topological polar surface area (TPSA) is 114 Å². The van der Waals surface area contributed by atoms with Gasteiger partial charge in [-0.1, -0.05) is 139 Å². The number of hydrogen-bond donors (Lipinski definition) is 0. The molecule has 0 spiro atoms. The van der Waals surface area contributed by atoms with Crippen LogP contribution in [0.15, 0.2) is 82.6 Å². The summed E-state index contributed by atoms with van der Waals surface area (Å²) in [4.78, 5) is -0.182. The molecule has 4 rings (SSSR count). The van der Waals surface area contributed by atoms with E-state index >= 15 is 0 Å². The molecule has 0 aliphatic carbocycles. The largest absolute Gasteiger partial charge is 2.00 e. The Labute approximate surface area is 300 Å². The zero-order valence-electron chi connectivity index (χ0n) is 26.8. The summed E-state index contributed by atoms with van der Waals surface area (Å²) in [6.07, 6.45) is 15.9. The van der Waals surface area contributed by atoms with E-state index in [9.17, 15) is 25.9 Å². The molecule has 9 heteroatoms. The third-order valence-corrected chi connectivity index (χ3v) is 9.70. The van der Waals surface area contributed by atoms with E-state index in [1.165, 1.54) is 51.4 Å². The summed E-state index contributed by atoms with van der Waals surface area (Å²) in [7, 11) is -8.89. The third-order valence-electron chi connectivity index (χ3n) is 7.94. The van der Waals surface area contributed by atoms with Gasteiger partial charge in [-0.3, -0.25) is 0 Å². The minimum Gasteiger partial charge on any atom is -0.744 e. The van der Waals surface area contributed by atoms with Crippen molar-refractivity contribution in [2.45, 2.75) is 114 Å². The van der Waals surface area contributed by atoms with Crippen molar-refractivity contribution in [3.63, 3.8) is 0 Å². The number of hydrogen-bond acceptors (Lipinski definition) is 6. The molecule has 0 aliphatic heterocycles. The first-order chi connectivity index (χ1) is 21.0. The van der Waals surface area contributed by atoms with Crippen LogP contribution in [0.4, 0.5) is 0 Å². The summed E-state index contributed by atoms with van der Waals surface area (Å²) in [5, 5.41) is 2.68. The zero-order chi connectivity index (χ0) is 32.0. The van der Waals surface area contributed by atoms with Gasteiger partial charge in [0.2, 0.25) is 0 Å². The minimum absolute atomic E-state index is 0. The van der Waals surface area contributed by atoms with Crippen molar-refractivity contribution >= 4 is 79.5 Å². The molecule has 0 heterocycles. The smallest absolute Gasteiger partial charge is 0.744 e. The molecule has 0 fully saturated rings. The fraction of sp³-hybridized carbons (Fsp3) is 0.444. The molecule has 0 amide bonds. The number of aryl methyl sites for hydroxylation is 2. The predicted molar refractivity (Wildman–Crippen MR) is 184 cm³/mol. The zero-order valence-corrected chi connectivity index (χ0v) is 30.6. The van der Waals surface area contributed by atoms with Crippen molar-refractivity contribution in [3.8, 4) is 0 Å². The maximum Gasteiger partial charge on any atom is 2.00 e. The minimum atomic E-state index is -4.44. The van der Waals surface area contributed by atoms with E-state index in [0.29, 0.717) is 10.8 Å². The SMILES string of the molecule is CCCCCCCCc1cc(S(=O)(=O)[O-])c2ccccc2c1.CCCCCCCCc1cc(S(=O)(=O)[O-])c2ccccc2c1.[Ca+2]. The van der Waals surface area contributed by atoms with E-state index in [-0.39, 0.29) is 47.5 Å². The van der Waals surface area contributed by atoms with Crippen molar-refractivity contribution in [2.24, 2.45) is 0 Å². The Balaban J connectivity index is 0.000000307. The molecule has 0 unspecified atom stereocenters. The molecule has 6 nitrogen and oxygen atoms in total. The Hall–Kier alpha value is -1.52. The predicted octanol–water partition coefficient (Wildman–Crippen LogP) is 8.91. The molecule has 0 aromatic heterocycles. The standard InChI is InChI=1S/2C18H24O3S.Ca/c2*1-2-3-4-5-6-7-10-15-13-16-11-8-9-12-17(16)18(14-15)22(19,20)21;/h2*8-9,11-14H,2-7,10H2,1H3,(H,19,20,21);/q;;+2/p-2. The second-order valence-electron chi connectivity index (χ2n) is 11.6. The van der Waals surface area contributed by atoms with Gasteiger partial charge in [-0.25, -0.2) is 16.8 Å². The summed E-state index contributed by atoms with van der Waals surface area (Å²) in [6.45, 7) is 4.39. The first-order valence-electron chi connectivity index (χ1n) is 16.0. The fourth-order valence-electron chi connectivity index (χ4n) is 5.59. The van der Waals surface area contributed by atoms with Crippen LogP contribution in [0.1, 0.15) is 102 Å². The van der Waals surface area contributed by atoms with Crippen LogP contribution in [0.5, 0.6) is 0 Å². The van der Waals surface area contributed by atoms with Gasteiger partial charge in [0.25, 0.3) is 0 Å². The molecule has 0 saturated carbocycles. The second kappa shape index (κ2) is 20.0. The van der Waals surface area contributed by atoms with Gasteiger partial charge in [-0.2, -0.15) is 0 Å². The number of unbranched alkanes of at least 4 members (excludes halogenated alkanes) is 10. The van der Waals surface area contributed by atoms with Gasteiger partial charge in [0.15, 0.2) is 0 Å². The molecular weight excluding hydrogens is 633 g/mol. The summed E-state index contributed by atoms with van der Waals surface area (Å²) in [5.74, 6) is 0. The molecule has 0 radical (unpaired) electrons. The Morgan fingerprint density at radius 3 is 1.18 bits per heavy atom. The Morgan fingerprint density at radius 1 is 0.489 bits per heavy atom. The van der Waals surface area contributed by atoms with Crippen LogP contribution in [0.2, 0.25) is 0 Å². The van der Waals surface area contributed by atoms with Crippen LogP contribution >= 0.6 is 0 Å². The Morgan fingerprint density at radius 2 is 0.822 bits per heavy atom. The average Bonchev–Trinajstić information content (AvgIpc) is 2.99. The van der Waals surface area contributed by atoms with E-state index in [2.05, 4.69) is 13.8 Å². The van der Waals surface area contributed by atoms with Crippen molar-refractivity contribution in [3.05, 3.63) is 83.9 Å². The number of fused-ring (bicyclic) bond motifs is 2. The molecule has 0 atom stereocenters. The van der Waals surface area contributed by atoms with E-state index < -0.39 is 20.2 Å². The number of rotatable bonds is 16. The Kier molecular flexibility index (Phi) is 17.6. The van der Waals surface area contributed by atoms with E-state index in [1.807, 2.05) is 36.4 Å². The van der Waals surface area contributed by atoms with Crippen molar-refractivity contribution in [2.75, 3.05) is 0 Å². The van der Waals surface area contributed by atoms with Gasteiger partial charge in [-0.15, -0.1) is 0 Å².